The number of methoxy groups -OCH3 is 1. The molecule has 0 aliphatic carbocycles. The highest BCUT2D eigenvalue weighted by Gasteiger charge is 2.29. The number of carbonyl (C=O) groups is 2. The number of esters is 1. The minimum absolute atomic E-state index is 0.0116. The first-order valence-electron chi connectivity index (χ1n) is 8.80. The van der Waals surface area contributed by atoms with Crippen molar-refractivity contribution in [2.45, 2.75) is 4.90 Å². The lowest BCUT2D eigenvalue weighted by Gasteiger charge is -2.26. The van der Waals surface area contributed by atoms with E-state index in [0.717, 1.165) is 0 Å². The van der Waals surface area contributed by atoms with E-state index >= 15 is 0 Å². The van der Waals surface area contributed by atoms with Crippen molar-refractivity contribution < 1.29 is 27.5 Å². The Kier molecular flexibility index (Phi) is 6.99. The molecule has 2 aromatic carbocycles. The average Bonchev–Trinajstić information content (AvgIpc) is 2.75. The molecule has 0 saturated carbocycles. The molecule has 8 nitrogen and oxygen atoms in total. The highest BCUT2D eigenvalue weighted by Crippen LogP contribution is 2.27. The zero-order valence-electron chi connectivity index (χ0n) is 15.9. The number of nitrogens with zero attached hydrogens (tertiary/aromatic N) is 1. The van der Waals surface area contributed by atoms with Gasteiger partial charge in [-0.1, -0.05) is 23.2 Å². The smallest absolute Gasteiger partial charge is 0.339 e. The summed E-state index contributed by atoms with van der Waals surface area (Å²) in [7, 11) is -2.67. The SMILES string of the molecule is COC(=O)c1cc(NC(=O)c2ccc(Cl)c(S(=O)(=O)N3CCOCC3)c2)ccc1Cl. The van der Waals surface area contributed by atoms with Crippen LogP contribution in [0.1, 0.15) is 20.7 Å². The number of carbonyl (C=O) groups excluding carboxylic acids is 2. The first-order chi connectivity index (χ1) is 14.2. The van der Waals surface area contributed by atoms with E-state index in [1.54, 1.807) is 0 Å². The van der Waals surface area contributed by atoms with Crippen LogP contribution in [0.4, 0.5) is 5.69 Å². The highest BCUT2D eigenvalue weighted by atomic mass is 35.5. The summed E-state index contributed by atoms with van der Waals surface area (Å²) in [6, 6.07) is 8.30. The Morgan fingerprint density at radius 1 is 1.07 bits per heavy atom. The second-order valence-corrected chi connectivity index (χ2v) is 9.02. The Morgan fingerprint density at radius 3 is 2.40 bits per heavy atom. The van der Waals surface area contributed by atoms with Crippen LogP contribution in [0.5, 0.6) is 0 Å². The van der Waals surface area contributed by atoms with Crippen molar-refractivity contribution in [1.29, 1.82) is 0 Å². The van der Waals surface area contributed by atoms with E-state index in [0.29, 0.717) is 0 Å². The maximum atomic E-state index is 12.9. The number of nitrogens with one attached hydrogen (secondary N) is 1. The fraction of sp³-hybridized carbons (Fsp3) is 0.263. The molecule has 160 valence electrons. The molecule has 0 aromatic heterocycles. The standard InChI is InChI=1S/C19H18Cl2N2O6S/c1-28-19(25)14-11-13(3-5-15(14)20)22-18(24)12-2-4-16(21)17(10-12)30(26,27)23-6-8-29-9-7-23/h2-5,10-11H,6-9H2,1H3,(H,22,24). The summed E-state index contributed by atoms with van der Waals surface area (Å²) < 4.78 is 36.9. The van der Waals surface area contributed by atoms with E-state index in [9.17, 15) is 18.0 Å². The Labute approximate surface area is 183 Å². The summed E-state index contributed by atoms with van der Waals surface area (Å²) in [5, 5.41) is 2.79. The van der Waals surface area contributed by atoms with Gasteiger partial charge in [-0.05, 0) is 36.4 Å². The van der Waals surface area contributed by atoms with Gasteiger partial charge in [0.2, 0.25) is 10.0 Å². The van der Waals surface area contributed by atoms with E-state index < -0.39 is 21.9 Å². The number of hydrogen-bond donors (Lipinski definition) is 1. The highest BCUT2D eigenvalue weighted by molar-refractivity contribution is 7.89. The van der Waals surface area contributed by atoms with Crippen LogP contribution in [0, 0.1) is 0 Å². The van der Waals surface area contributed by atoms with Gasteiger partial charge in [-0.15, -0.1) is 0 Å². The molecule has 1 aliphatic rings. The summed E-state index contributed by atoms with van der Waals surface area (Å²) >= 11 is 12.1. The third kappa shape index (κ3) is 4.76. The number of benzene rings is 2. The molecule has 0 spiro atoms. The van der Waals surface area contributed by atoms with E-state index in [-0.39, 0.29) is 58.1 Å². The number of anilines is 1. The number of halogens is 2. The molecule has 0 bridgehead atoms. The van der Waals surface area contributed by atoms with E-state index in [4.69, 9.17) is 27.9 Å². The lowest BCUT2D eigenvalue weighted by atomic mass is 10.1. The average molecular weight is 473 g/mol. The quantitative estimate of drug-likeness (QED) is 0.670. The normalized spacial score (nSPS) is 14.9. The molecular weight excluding hydrogens is 455 g/mol. The van der Waals surface area contributed by atoms with E-state index in [1.807, 2.05) is 0 Å². The van der Waals surface area contributed by atoms with Gasteiger partial charge >= 0.3 is 5.97 Å². The molecule has 1 amide bonds. The van der Waals surface area contributed by atoms with Crippen LogP contribution in [0.25, 0.3) is 0 Å². The van der Waals surface area contributed by atoms with Gasteiger partial charge < -0.3 is 14.8 Å². The summed E-state index contributed by atoms with van der Waals surface area (Å²) in [6.45, 7) is 0.985. The largest absolute Gasteiger partial charge is 0.465 e. The van der Waals surface area contributed by atoms with Crippen LogP contribution in [0.3, 0.4) is 0 Å². The predicted octanol–water partition coefficient (Wildman–Crippen LogP) is 3.05. The van der Waals surface area contributed by atoms with Gasteiger partial charge in [0.05, 0.1) is 35.9 Å². The topological polar surface area (TPSA) is 102 Å². The van der Waals surface area contributed by atoms with Crippen molar-refractivity contribution in [2.24, 2.45) is 0 Å². The van der Waals surface area contributed by atoms with Gasteiger partial charge in [0, 0.05) is 24.3 Å². The second-order valence-electron chi connectivity index (χ2n) is 6.30. The lowest BCUT2D eigenvalue weighted by molar-refractivity contribution is 0.0600. The summed E-state index contributed by atoms with van der Waals surface area (Å²) in [6.07, 6.45) is 0. The van der Waals surface area contributed by atoms with Gasteiger partial charge in [0.25, 0.3) is 5.91 Å². The molecule has 1 fully saturated rings. The van der Waals surface area contributed by atoms with Crippen molar-refractivity contribution in [2.75, 3.05) is 38.7 Å². The van der Waals surface area contributed by atoms with Gasteiger partial charge in [-0.2, -0.15) is 4.31 Å². The monoisotopic (exact) mass is 472 g/mol. The van der Waals surface area contributed by atoms with Crippen LogP contribution in [0.15, 0.2) is 41.3 Å². The fourth-order valence-electron chi connectivity index (χ4n) is 2.84. The number of hydrogen-bond acceptors (Lipinski definition) is 6. The Balaban J connectivity index is 1.87. The van der Waals surface area contributed by atoms with Gasteiger partial charge in [-0.3, -0.25) is 4.79 Å². The Hall–Kier alpha value is -2.17. The van der Waals surface area contributed by atoms with Crippen molar-refractivity contribution in [3.05, 3.63) is 57.6 Å². The second kappa shape index (κ2) is 9.32. The van der Waals surface area contributed by atoms with Crippen molar-refractivity contribution in [1.82, 2.24) is 4.31 Å². The minimum atomic E-state index is -3.89. The molecule has 1 aliphatic heterocycles. The lowest BCUT2D eigenvalue weighted by Crippen LogP contribution is -2.40. The molecule has 2 aromatic rings. The molecule has 1 saturated heterocycles. The van der Waals surface area contributed by atoms with Gasteiger partial charge in [0.15, 0.2) is 0 Å². The molecule has 11 heteroatoms. The number of morpholine rings is 1. The van der Waals surface area contributed by atoms with Gasteiger partial charge in [0.1, 0.15) is 4.90 Å². The fourth-order valence-corrected chi connectivity index (χ4v) is 4.94. The first-order valence-corrected chi connectivity index (χ1v) is 11.0. The molecule has 1 heterocycles. The van der Waals surface area contributed by atoms with Crippen LogP contribution in [0.2, 0.25) is 10.0 Å². The molecule has 0 unspecified atom stereocenters. The summed E-state index contributed by atoms with van der Waals surface area (Å²) in [5.41, 5.74) is 0.460. The zero-order valence-corrected chi connectivity index (χ0v) is 18.2. The van der Waals surface area contributed by atoms with Crippen LogP contribution in [-0.4, -0.2) is 58.0 Å². The van der Waals surface area contributed by atoms with E-state index in [2.05, 4.69) is 10.1 Å². The minimum Gasteiger partial charge on any atom is -0.465 e. The number of ether oxygens (including phenoxy) is 2. The van der Waals surface area contributed by atoms with E-state index in [1.165, 1.54) is 47.8 Å². The molecule has 0 atom stereocenters. The third-order valence-electron chi connectivity index (χ3n) is 4.41. The molecule has 1 N–H and O–H groups in total. The number of sulfonamides is 1. The molecule has 3 rings (SSSR count). The van der Waals surface area contributed by atoms with Crippen LogP contribution < -0.4 is 5.32 Å². The van der Waals surface area contributed by atoms with Crippen LogP contribution in [-0.2, 0) is 19.5 Å². The van der Waals surface area contributed by atoms with Crippen molar-refractivity contribution >= 4 is 50.8 Å². The third-order valence-corrected chi connectivity index (χ3v) is 7.12. The van der Waals surface area contributed by atoms with Crippen molar-refractivity contribution in [3.8, 4) is 0 Å². The Morgan fingerprint density at radius 2 is 1.73 bits per heavy atom. The Bertz CT molecular complexity index is 1080. The first kappa shape index (κ1) is 22.5. The maximum Gasteiger partial charge on any atom is 0.339 e. The summed E-state index contributed by atoms with van der Waals surface area (Å²) in [4.78, 5) is 24.3. The number of rotatable bonds is 5. The zero-order chi connectivity index (χ0) is 21.9. The van der Waals surface area contributed by atoms with Gasteiger partial charge in [-0.25, -0.2) is 13.2 Å². The molecular formula is C19H18Cl2N2O6S. The molecule has 0 radical (unpaired) electrons. The van der Waals surface area contributed by atoms with Crippen molar-refractivity contribution in [3.63, 3.8) is 0 Å². The maximum absolute atomic E-state index is 12.9. The molecule has 30 heavy (non-hydrogen) atoms. The summed E-state index contributed by atoms with van der Waals surface area (Å²) in [5.74, 6) is -1.23. The van der Waals surface area contributed by atoms with Crippen LogP contribution >= 0.6 is 23.2 Å². The predicted molar refractivity (Wildman–Crippen MR) is 112 cm³/mol. The number of amides is 1.